The molecule has 49 heavy (non-hydrogen) atoms. The molecule has 1 aliphatic carbocycles. The summed E-state index contributed by atoms with van der Waals surface area (Å²) in [5.74, 6) is -2.50. The van der Waals surface area contributed by atoms with E-state index in [1.54, 1.807) is 20.8 Å². The number of nitrogens with two attached hydrogens (primary N) is 1. The minimum absolute atomic E-state index is 0.0868. The first-order chi connectivity index (χ1) is 22.7. The molecule has 0 aromatic rings. The van der Waals surface area contributed by atoms with Gasteiger partial charge in [0.1, 0.15) is 66.6 Å². The number of aliphatic hydroxyl groups excluding tert-OH is 7. The van der Waals surface area contributed by atoms with Crippen molar-refractivity contribution >= 4 is 19.6 Å². The maximum atomic E-state index is 13.0. The van der Waals surface area contributed by atoms with Crippen molar-refractivity contribution in [3.05, 3.63) is 0 Å². The number of rotatable bonds is 11. The van der Waals surface area contributed by atoms with E-state index >= 15 is 0 Å². The van der Waals surface area contributed by atoms with Crippen LogP contribution in [0.1, 0.15) is 27.2 Å². The van der Waals surface area contributed by atoms with Crippen molar-refractivity contribution in [2.24, 2.45) is 5.73 Å². The van der Waals surface area contributed by atoms with Gasteiger partial charge in [-0.2, -0.15) is 13.2 Å². The smallest absolute Gasteiger partial charge is 0.444 e. The number of carbonyl (C=O) groups is 2. The van der Waals surface area contributed by atoms with Crippen molar-refractivity contribution in [2.75, 3.05) is 20.3 Å². The lowest BCUT2D eigenvalue weighted by atomic mass is 9.82. The van der Waals surface area contributed by atoms with Gasteiger partial charge >= 0.3 is 25.8 Å². The lowest BCUT2D eigenvalue weighted by Crippen LogP contribution is -2.70. The third kappa shape index (κ3) is 10.5. The summed E-state index contributed by atoms with van der Waals surface area (Å²) in [6, 6.07) is -4.04. The second-order valence-corrected chi connectivity index (χ2v) is 12.9. The van der Waals surface area contributed by atoms with Crippen LogP contribution >= 0.6 is 0 Å². The number of halogens is 3. The molecule has 9 unspecified atom stereocenters. The molecule has 0 aromatic heterocycles. The number of hydrogen-bond donors (Lipinski definition) is 11. The van der Waals surface area contributed by atoms with Crippen LogP contribution in [-0.4, -0.2) is 179 Å². The number of carbonyl (C=O) groups excluding carboxylic acids is 2. The molecule has 23 heteroatoms. The quantitative estimate of drug-likeness (QED) is 0.0887. The Morgan fingerprint density at radius 2 is 1.47 bits per heavy atom. The summed E-state index contributed by atoms with van der Waals surface area (Å²) in [7, 11) is 1.25. The SMILES string of the molecule is COBNC1C[C@@H](N)C(O[C@H]2OC(CO)[C@@H](O)C(NC(=O)C(F)(F)F)C2O)C(O)[C@@H]1O[C@H]1OC(CNC(=O)OC(C)(C)C)[C@@H](O)C(O)C1O. The van der Waals surface area contributed by atoms with E-state index in [0.29, 0.717) is 0 Å². The van der Waals surface area contributed by atoms with Gasteiger partial charge in [-0.1, -0.05) is 0 Å². The number of aliphatic hydroxyl groups is 7. The number of alkyl carbamates (subject to hydrolysis) is 1. The molecule has 2 saturated heterocycles. The van der Waals surface area contributed by atoms with E-state index in [0.717, 1.165) is 0 Å². The molecule has 2 heterocycles. The maximum Gasteiger partial charge on any atom is 0.471 e. The van der Waals surface area contributed by atoms with Crippen LogP contribution in [0.4, 0.5) is 18.0 Å². The molecule has 2 aliphatic heterocycles. The Bertz CT molecular complexity index is 1100. The normalized spacial score (nSPS) is 40.3. The highest BCUT2D eigenvalue weighted by Gasteiger charge is 2.54. The second-order valence-electron chi connectivity index (χ2n) is 12.9. The monoisotopic (exact) mass is 722 g/mol. The molecule has 284 valence electrons. The number of ether oxygens (including phenoxy) is 5. The van der Waals surface area contributed by atoms with Gasteiger partial charge in [-0.25, -0.2) is 4.79 Å². The number of nitrogens with one attached hydrogen (secondary N) is 3. The summed E-state index contributed by atoms with van der Waals surface area (Å²) in [5.41, 5.74) is 5.42. The van der Waals surface area contributed by atoms with Crippen LogP contribution in [0, 0.1) is 0 Å². The Labute approximate surface area is 279 Å². The van der Waals surface area contributed by atoms with Crippen molar-refractivity contribution in [1.82, 2.24) is 15.9 Å². The molecule has 3 fully saturated rings. The molecule has 1 saturated carbocycles. The molecule has 15 atom stereocenters. The summed E-state index contributed by atoms with van der Waals surface area (Å²) < 4.78 is 71.7. The maximum absolute atomic E-state index is 13.0. The lowest BCUT2D eigenvalue weighted by Gasteiger charge is -2.49. The van der Waals surface area contributed by atoms with Gasteiger partial charge in [0.15, 0.2) is 12.6 Å². The van der Waals surface area contributed by atoms with E-state index < -0.39 is 129 Å². The van der Waals surface area contributed by atoms with Gasteiger partial charge in [-0.15, -0.1) is 0 Å². The van der Waals surface area contributed by atoms with E-state index in [1.807, 2.05) is 0 Å². The van der Waals surface area contributed by atoms with Crippen LogP contribution in [-0.2, 0) is 33.1 Å². The van der Waals surface area contributed by atoms with Crippen LogP contribution < -0.4 is 21.6 Å². The largest absolute Gasteiger partial charge is 0.471 e. The average molecular weight is 722 g/mol. The highest BCUT2D eigenvalue weighted by Crippen LogP contribution is 2.32. The molecule has 0 radical (unpaired) electrons. The van der Waals surface area contributed by atoms with E-state index in [2.05, 4.69) is 10.5 Å². The predicted molar refractivity (Wildman–Crippen MR) is 156 cm³/mol. The topological polar surface area (TPSA) is 293 Å². The van der Waals surface area contributed by atoms with Gasteiger partial charge in [0, 0.05) is 25.7 Å². The average Bonchev–Trinajstić information content (AvgIpc) is 3.00. The zero-order valence-electron chi connectivity index (χ0n) is 27.1. The van der Waals surface area contributed by atoms with E-state index in [-0.39, 0.29) is 14.0 Å². The molecule has 19 nitrogen and oxygen atoms in total. The van der Waals surface area contributed by atoms with Crippen LogP contribution in [0.25, 0.3) is 0 Å². The van der Waals surface area contributed by atoms with Gasteiger partial charge in [-0.05, 0) is 27.2 Å². The summed E-state index contributed by atoms with van der Waals surface area (Å²) in [6.45, 7) is 3.47. The Morgan fingerprint density at radius 1 is 0.878 bits per heavy atom. The van der Waals surface area contributed by atoms with Crippen molar-refractivity contribution < 1.29 is 86.8 Å². The molecule has 2 amide bonds. The minimum Gasteiger partial charge on any atom is -0.444 e. The first-order valence-electron chi connectivity index (χ1n) is 15.3. The molecule has 0 aromatic carbocycles. The van der Waals surface area contributed by atoms with Gasteiger partial charge in [0.2, 0.25) is 0 Å². The van der Waals surface area contributed by atoms with Crippen molar-refractivity contribution in [1.29, 1.82) is 0 Å². The fraction of sp³-hybridized carbons (Fsp3) is 0.923. The number of alkyl halides is 3. The van der Waals surface area contributed by atoms with Gasteiger partial charge in [0.25, 0.3) is 0 Å². The van der Waals surface area contributed by atoms with E-state index in [9.17, 15) is 58.5 Å². The standard InChI is InChI=1S/C26H46BF3N4O15/c1-25(2,3)49-24(43)32-6-10-14(37)16(39)17(40)22(45-10)48-20-9(34-27-44-4)5-8(31)19(18(20)41)47-21-15(38)12(13(36)11(7-35)46-21)33-23(42)26(28,29)30/h8-22,27,34-41H,5-7,31H2,1-4H3,(H,32,43)(H,33,42)/t8-,9?,10?,11?,12?,13-,14-,15?,16?,17?,18?,19?,20-,21-,22-/m1/s1. The Kier molecular flexibility index (Phi) is 14.4. The highest BCUT2D eigenvalue weighted by molar-refractivity contribution is 6.23. The molecule has 0 spiro atoms. The summed E-state index contributed by atoms with van der Waals surface area (Å²) in [4.78, 5) is 23.8. The highest BCUT2D eigenvalue weighted by atomic mass is 19.4. The van der Waals surface area contributed by atoms with Gasteiger partial charge in [-0.3, -0.25) is 4.79 Å². The summed E-state index contributed by atoms with van der Waals surface area (Å²) in [5, 5.41) is 80.8. The Hall–Kier alpha value is -1.97. The predicted octanol–water partition coefficient (Wildman–Crippen LogP) is -5.46. The van der Waals surface area contributed by atoms with Crippen molar-refractivity contribution in [2.45, 2.75) is 131 Å². The zero-order valence-corrected chi connectivity index (χ0v) is 27.1. The first kappa shape index (κ1) is 41.5. The molecule has 3 rings (SSSR count). The van der Waals surface area contributed by atoms with Crippen LogP contribution in [0.3, 0.4) is 0 Å². The van der Waals surface area contributed by atoms with E-state index in [1.165, 1.54) is 12.4 Å². The van der Waals surface area contributed by atoms with Crippen molar-refractivity contribution in [3.8, 4) is 0 Å². The molecular weight excluding hydrogens is 676 g/mol. The fourth-order valence-electron chi connectivity index (χ4n) is 5.60. The van der Waals surface area contributed by atoms with Gasteiger partial charge < -0.3 is 85.7 Å². The first-order valence-corrected chi connectivity index (χ1v) is 15.3. The molecule has 3 aliphatic rings. The molecule has 0 bridgehead atoms. The fourth-order valence-corrected chi connectivity index (χ4v) is 5.60. The summed E-state index contributed by atoms with van der Waals surface area (Å²) >= 11 is 0. The lowest BCUT2D eigenvalue weighted by molar-refractivity contribution is -0.333. The third-order valence-corrected chi connectivity index (χ3v) is 8.04. The zero-order chi connectivity index (χ0) is 37.0. The number of hydrogen-bond acceptors (Lipinski definition) is 17. The third-order valence-electron chi connectivity index (χ3n) is 8.04. The number of amides is 2. The summed E-state index contributed by atoms with van der Waals surface area (Å²) in [6.07, 6.45) is -27.5. The second kappa shape index (κ2) is 17.0. The van der Waals surface area contributed by atoms with E-state index in [4.69, 9.17) is 34.1 Å². The van der Waals surface area contributed by atoms with Crippen molar-refractivity contribution in [3.63, 3.8) is 0 Å². The molecular formula is C26H46BF3N4O15. The van der Waals surface area contributed by atoms with Gasteiger partial charge in [0.05, 0.1) is 12.6 Å². The van der Waals surface area contributed by atoms with Crippen LogP contribution in [0.5, 0.6) is 0 Å². The Morgan fingerprint density at radius 3 is 2.04 bits per heavy atom. The van der Waals surface area contributed by atoms with Crippen LogP contribution in [0.15, 0.2) is 0 Å². The minimum atomic E-state index is -5.39. The molecule has 12 N–H and O–H groups in total. The Balaban J connectivity index is 1.81. The van der Waals surface area contributed by atoms with Crippen LogP contribution in [0.2, 0.25) is 0 Å².